The van der Waals surface area contributed by atoms with Crippen LogP contribution >= 0.6 is 23.4 Å². The Kier molecular flexibility index (Phi) is 6.21. The van der Waals surface area contributed by atoms with E-state index < -0.39 is 0 Å². The number of nitrogens with zero attached hydrogens (tertiary/aromatic N) is 3. The van der Waals surface area contributed by atoms with Crippen molar-refractivity contribution in [2.24, 2.45) is 7.05 Å². The molecular weight excluding hydrogens is 406 g/mol. The third-order valence-electron chi connectivity index (χ3n) is 5.11. The number of carbonyl (C=O) groups excluding carboxylic acids is 1. The van der Waals surface area contributed by atoms with Gasteiger partial charge in [-0.1, -0.05) is 35.5 Å². The number of ether oxygens (including phenoxy) is 1. The second-order valence-electron chi connectivity index (χ2n) is 7.10. The van der Waals surface area contributed by atoms with Crippen LogP contribution in [0.15, 0.2) is 47.6 Å². The van der Waals surface area contributed by atoms with Crippen molar-refractivity contribution >= 4 is 29.1 Å². The average molecular weight is 428 g/mol. The minimum absolute atomic E-state index is 0.116. The fraction of sp³-hybridized carbons (Fsp3) is 0.318. The average Bonchev–Trinajstić information content (AvgIpc) is 3.10. The monoisotopic (exact) mass is 427 g/mol. The van der Waals surface area contributed by atoms with Gasteiger partial charge in [-0.15, -0.1) is 10.2 Å². The Balaban J connectivity index is 1.35. The van der Waals surface area contributed by atoms with Crippen molar-refractivity contribution in [3.63, 3.8) is 0 Å². The van der Waals surface area contributed by atoms with E-state index in [1.54, 1.807) is 12.1 Å². The largest absolute Gasteiger partial charge is 0.486 e. The summed E-state index contributed by atoms with van der Waals surface area (Å²) in [5, 5.41) is 9.75. The first-order valence-corrected chi connectivity index (χ1v) is 11.0. The molecule has 0 aliphatic heterocycles. The summed E-state index contributed by atoms with van der Waals surface area (Å²) in [6.07, 6.45) is 4.65. The number of hydrogen-bond acceptors (Lipinski definition) is 5. The number of rotatable bonds is 7. The molecule has 4 rings (SSSR count). The SMILES string of the molecule is Cn1c(COc2ccc(Cl)cc2)nnc1SCC(=O)c1ccc2c(c1)CCCC2. The van der Waals surface area contributed by atoms with E-state index in [2.05, 4.69) is 22.3 Å². The highest BCUT2D eigenvalue weighted by atomic mass is 35.5. The highest BCUT2D eigenvalue weighted by molar-refractivity contribution is 7.99. The molecule has 0 spiro atoms. The van der Waals surface area contributed by atoms with Gasteiger partial charge in [0.15, 0.2) is 16.8 Å². The molecule has 1 aliphatic rings. The molecule has 0 saturated heterocycles. The standard InChI is InChI=1S/C22H22ClN3O2S/c1-26-21(13-28-19-10-8-18(23)9-11-19)24-25-22(26)29-14-20(27)17-7-6-15-4-2-3-5-16(15)12-17/h6-12H,2-5,13-14H2,1H3. The van der Waals surface area contributed by atoms with E-state index in [1.807, 2.05) is 29.8 Å². The number of ketones is 1. The van der Waals surface area contributed by atoms with Crippen molar-refractivity contribution in [2.45, 2.75) is 37.4 Å². The first-order valence-electron chi connectivity index (χ1n) is 9.64. The number of aromatic nitrogens is 3. The Bertz CT molecular complexity index is 1020. The minimum Gasteiger partial charge on any atom is -0.486 e. The molecule has 150 valence electrons. The number of thioether (sulfide) groups is 1. The van der Waals surface area contributed by atoms with Crippen LogP contribution in [-0.4, -0.2) is 26.3 Å². The number of halogens is 1. The molecule has 0 amide bonds. The van der Waals surface area contributed by atoms with E-state index in [0.717, 1.165) is 18.4 Å². The normalized spacial score (nSPS) is 13.2. The fourth-order valence-corrected chi connectivity index (χ4v) is 4.35. The second-order valence-corrected chi connectivity index (χ2v) is 8.48. The molecule has 7 heteroatoms. The minimum atomic E-state index is 0.116. The van der Waals surface area contributed by atoms with Crippen LogP contribution in [-0.2, 0) is 26.5 Å². The van der Waals surface area contributed by atoms with Crippen molar-refractivity contribution in [2.75, 3.05) is 5.75 Å². The number of aryl methyl sites for hydroxylation is 2. The van der Waals surface area contributed by atoms with E-state index in [4.69, 9.17) is 16.3 Å². The van der Waals surface area contributed by atoms with Crippen LogP contribution in [0.2, 0.25) is 5.02 Å². The van der Waals surface area contributed by atoms with Crippen molar-refractivity contribution in [1.29, 1.82) is 0 Å². The van der Waals surface area contributed by atoms with Crippen LogP contribution in [0.3, 0.4) is 0 Å². The van der Waals surface area contributed by atoms with Crippen LogP contribution in [0, 0.1) is 0 Å². The highest BCUT2D eigenvalue weighted by Gasteiger charge is 2.15. The van der Waals surface area contributed by atoms with Crippen LogP contribution in [0.4, 0.5) is 0 Å². The molecule has 3 aromatic rings. The van der Waals surface area contributed by atoms with Gasteiger partial charge in [-0.25, -0.2) is 0 Å². The molecule has 0 N–H and O–H groups in total. The molecule has 1 aliphatic carbocycles. The Labute approximate surface area is 179 Å². The van der Waals surface area contributed by atoms with Gasteiger partial charge >= 0.3 is 0 Å². The molecule has 0 unspecified atom stereocenters. The molecule has 1 heterocycles. The maximum absolute atomic E-state index is 12.6. The predicted molar refractivity (Wildman–Crippen MR) is 115 cm³/mol. The van der Waals surface area contributed by atoms with Gasteiger partial charge in [-0.05, 0) is 67.1 Å². The Hall–Kier alpha value is -2.31. The maximum atomic E-state index is 12.6. The lowest BCUT2D eigenvalue weighted by molar-refractivity contribution is 0.102. The molecule has 0 atom stereocenters. The summed E-state index contributed by atoms with van der Waals surface area (Å²) in [7, 11) is 1.88. The fourth-order valence-electron chi connectivity index (χ4n) is 3.40. The van der Waals surface area contributed by atoms with Gasteiger partial charge in [-0.2, -0.15) is 0 Å². The molecule has 29 heavy (non-hydrogen) atoms. The van der Waals surface area contributed by atoms with Gasteiger partial charge in [0.2, 0.25) is 0 Å². The lowest BCUT2D eigenvalue weighted by Crippen LogP contribution is -2.08. The zero-order chi connectivity index (χ0) is 20.2. The summed E-state index contributed by atoms with van der Waals surface area (Å²) in [4.78, 5) is 12.6. The molecule has 0 fully saturated rings. The van der Waals surface area contributed by atoms with Gasteiger partial charge in [-0.3, -0.25) is 4.79 Å². The van der Waals surface area contributed by atoms with Gasteiger partial charge in [0, 0.05) is 17.6 Å². The quantitative estimate of drug-likeness (QED) is 0.396. The summed E-state index contributed by atoms with van der Waals surface area (Å²) in [6.45, 7) is 0.296. The lowest BCUT2D eigenvalue weighted by atomic mass is 9.90. The zero-order valence-corrected chi connectivity index (χ0v) is 17.8. The van der Waals surface area contributed by atoms with Gasteiger partial charge in [0.25, 0.3) is 0 Å². The van der Waals surface area contributed by atoms with E-state index in [-0.39, 0.29) is 5.78 Å². The number of Topliss-reactive ketones (excluding diaryl/α,β-unsaturated/α-hetero) is 1. The second kappa shape index (κ2) is 9.01. The van der Waals surface area contributed by atoms with Gasteiger partial charge in [0.05, 0.1) is 5.75 Å². The van der Waals surface area contributed by atoms with E-state index >= 15 is 0 Å². The van der Waals surface area contributed by atoms with Crippen LogP contribution in [0.25, 0.3) is 0 Å². The third-order valence-corrected chi connectivity index (χ3v) is 6.38. The van der Waals surface area contributed by atoms with Crippen LogP contribution < -0.4 is 4.74 Å². The maximum Gasteiger partial charge on any atom is 0.191 e. The molecule has 0 radical (unpaired) electrons. The van der Waals surface area contributed by atoms with Crippen LogP contribution in [0.5, 0.6) is 5.75 Å². The van der Waals surface area contributed by atoms with E-state index in [1.165, 1.54) is 35.7 Å². The number of fused-ring (bicyclic) bond motifs is 1. The summed E-state index contributed by atoms with van der Waals surface area (Å²) >= 11 is 7.28. The summed E-state index contributed by atoms with van der Waals surface area (Å²) < 4.78 is 7.59. The highest BCUT2D eigenvalue weighted by Crippen LogP contribution is 2.24. The summed E-state index contributed by atoms with van der Waals surface area (Å²) in [5.41, 5.74) is 3.50. The molecule has 2 aromatic carbocycles. The van der Waals surface area contributed by atoms with Gasteiger partial charge < -0.3 is 9.30 Å². The van der Waals surface area contributed by atoms with Crippen molar-refractivity contribution < 1.29 is 9.53 Å². The molecule has 0 saturated carbocycles. The van der Waals surface area contributed by atoms with Crippen molar-refractivity contribution in [3.05, 3.63) is 70.0 Å². The summed E-state index contributed by atoms with van der Waals surface area (Å²) in [6, 6.07) is 13.3. The van der Waals surface area contributed by atoms with Crippen molar-refractivity contribution in [3.8, 4) is 5.75 Å². The first-order chi connectivity index (χ1) is 14.1. The predicted octanol–water partition coefficient (Wildman–Crippen LogP) is 4.90. The van der Waals surface area contributed by atoms with Gasteiger partial charge in [0.1, 0.15) is 12.4 Å². The van der Waals surface area contributed by atoms with Crippen LogP contribution in [0.1, 0.15) is 40.2 Å². The topological polar surface area (TPSA) is 57.0 Å². The Morgan fingerprint density at radius 3 is 2.66 bits per heavy atom. The number of hydrogen-bond donors (Lipinski definition) is 0. The third kappa shape index (κ3) is 4.82. The smallest absolute Gasteiger partial charge is 0.191 e. The van der Waals surface area contributed by atoms with E-state index in [0.29, 0.717) is 34.1 Å². The molecular formula is C22H22ClN3O2S. The summed E-state index contributed by atoms with van der Waals surface area (Å²) in [5.74, 6) is 1.87. The molecule has 5 nitrogen and oxygen atoms in total. The number of benzene rings is 2. The number of carbonyl (C=O) groups is 1. The Morgan fingerprint density at radius 1 is 1.10 bits per heavy atom. The lowest BCUT2D eigenvalue weighted by Gasteiger charge is -2.16. The van der Waals surface area contributed by atoms with Crippen molar-refractivity contribution in [1.82, 2.24) is 14.8 Å². The van der Waals surface area contributed by atoms with E-state index in [9.17, 15) is 4.79 Å². The zero-order valence-electron chi connectivity index (χ0n) is 16.2. The molecule has 1 aromatic heterocycles. The Morgan fingerprint density at radius 2 is 1.86 bits per heavy atom. The first kappa shape index (κ1) is 20.0. The molecule has 0 bridgehead atoms.